The third-order valence-electron chi connectivity index (χ3n) is 1.79. The Morgan fingerprint density at radius 2 is 2.20 bits per heavy atom. The van der Waals surface area contributed by atoms with Crippen LogP contribution in [0.2, 0.25) is 0 Å². The van der Waals surface area contributed by atoms with Crippen molar-refractivity contribution in [3.8, 4) is 0 Å². The highest BCUT2D eigenvalue weighted by Crippen LogP contribution is 2.32. The van der Waals surface area contributed by atoms with E-state index in [1.54, 1.807) is 13.0 Å². The van der Waals surface area contributed by atoms with E-state index in [4.69, 9.17) is 27.9 Å². The molecule has 0 aromatic heterocycles. The van der Waals surface area contributed by atoms with Crippen LogP contribution in [-0.4, -0.2) is 11.3 Å². The van der Waals surface area contributed by atoms with E-state index in [-0.39, 0.29) is 6.10 Å². The minimum Gasteiger partial charge on any atom is -0.480 e. The fourth-order valence-electron chi connectivity index (χ4n) is 1.27. The average Bonchev–Trinajstić information content (AvgIpc) is 1.99. The zero-order valence-electron chi connectivity index (χ0n) is 8.35. The van der Waals surface area contributed by atoms with Gasteiger partial charge in [0.2, 0.25) is 0 Å². The highest BCUT2D eigenvalue weighted by atomic mass is 127. The quantitative estimate of drug-likeness (QED) is 0.532. The normalized spacial score (nSPS) is 22.3. The van der Waals surface area contributed by atoms with Crippen LogP contribution < -0.4 is 0 Å². The second-order valence-corrected chi connectivity index (χ2v) is 5.09. The first-order valence-electron chi connectivity index (χ1n) is 4.25. The van der Waals surface area contributed by atoms with Gasteiger partial charge in [-0.2, -0.15) is 0 Å². The Hall–Kier alpha value is -0.0000000000000000555. The Bertz CT molecular complexity index is 377. The predicted octanol–water partition coefficient (Wildman–Crippen LogP) is 4.35. The number of nitrogens with zero attached hydrogens (tertiary/aromatic N) is 1. The largest absolute Gasteiger partial charge is 0.480 e. The Morgan fingerprint density at radius 1 is 1.60 bits per heavy atom. The summed E-state index contributed by atoms with van der Waals surface area (Å²) in [6.45, 7) is 7.30. The summed E-state index contributed by atoms with van der Waals surface area (Å²) in [5.41, 5.74) is 1.49. The third-order valence-corrected chi connectivity index (χ3v) is 2.64. The number of halogens is 3. The molecule has 15 heavy (non-hydrogen) atoms. The van der Waals surface area contributed by atoms with Gasteiger partial charge >= 0.3 is 0 Å². The molecule has 0 saturated heterocycles. The first-order valence-corrected chi connectivity index (χ1v) is 6.09. The van der Waals surface area contributed by atoms with Gasteiger partial charge in [-0.25, -0.2) is 4.99 Å². The second kappa shape index (κ2) is 5.37. The number of ether oxygens (including phenoxy) is 1. The van der Waals surface area contributed by atoms with Crippen molar-refractivity contribution >= 4 is 51.0 Å². The van der Waals surface area contributed by atoms with Gasteiger partial charge in [0.1, 0.15) is 11.3 Å². The zero-order valence-corrected chi connectivity index (χ0v) is 12.0. The number of hydrogen-bond donors (Lipinski definition) is 0. The summed E-state index contributed by atoms with van der Waals surface area (Å²) in [6, 6.07) is 0. The van der Waals surface area contributed by atoms with Crippen LogP contribution in [0.4, 0.5) is 0 Å². The molecule has 1 aliphatic heterocycles. The predicted molar refractivity (Wildman–Crippen MR) is 73.6 cm³/mol. The summed E-state index contributed by atoms with van der Waals surface area (Å²) < 4.78 is 6.27. The van der Waals surface area contributed by atoms with E-state index in [2.05, 4.69) is 34.2 Å². The molecule has 1 atom stereocenters. The van der Waals surface area contributed by atoms with Crippen LogP contribution in [0.15, 0.2) is 37.7 Å². The molecular weight excluding hydrogens is 348 g/mol. The van der Waals surface area contributed by atoms with Gasteiger partial charge in [0.25, 0.3) is 0 Å². The summed E-state index contributed by atoms with van der Waals surface area (Å²) >= 11 is 13.7. The lowest BCUT2D eigenvalue weighted by Crippen LogP contribution is -2.15. The molecular formula is C10H10Cl2INO. The van der Waals surface area contributed by atoms with Crippen LogP contribution in [0.1, 0.15) is 13.8 Å². The molecule has 1 heterocycles. The maximum Gasteiger partial charge on any atom is 0.159 e. The van der Waals surface area contributed by atoms with E-state index < -0.39 is 0 Å². The lowest BCUT2D eigenvalue weighted by molar-refractivity contribution is 0.185. The molecule has 0 unspecified atom stereocenters. The van der Waals surface area contributed by atoms with Gasteiger partial charge in [-0.1, -0.05) is 29.8 Å². The first-order chi connectivity index (χ1) is 6.91. The molecule has 0 N–H and O–H groups in total. The van der Waals surface area contributed by atoms with Crippen LogP contribution in [0, 0.1) is 0 Å². The molecule has 0 bridgehead atoms. The minimum absolute atomic E-state index is 0.151. The molecule has 0 spiro atoms. The van der Waals surface area contributed by atoms with Gasteiger partial charge in [0.05, 0.1) is 5.70 Å². The molecule has 82 valence electrons. The minimum atomic E-state index is -0.151. The smallest absolute Gasteiger partial charge is 0.159 e. The Labute approximate surface area is 113 Å². The van der Waals surface area contributed by atoms with E-state index in [0.717, 1.165) is 9.34 Å². The Balaban J connectivity index is 3.27. The maximum absolute atomic E-state index is 5.90. The molecule has 1 aliphatic rings. The van der Waals surface area contributed by atoms with Gasteiger partial charge in [0.15, 0.2) is 3.77 Å². The fraction of sp³-hybridized carbons (Fsp3) is 0.300. The van der Waals surface area contributed by atoms with Gasteiger partial charge in [-0.05, 0) is 36.4 Å². The van der Waals surface area contributed by atoms with E-state index in [1.807, 2.05) is 6.92 Å². The Morgan fingerprint density at radius 3 is 2.67 bits per heavy atom. The van der Waals surface area contributed by atoms with Crippen molar-refractivity contribution in [1.82, 2.24) is 0 Å². The van der Waals surface area contributed by atoms with Crippen molar-refractivity contribution in [2.75, 3.05) is 0 Å². The molecule has 0 radical (unpaired) electrons. The molecule has 0 amide bonds. The molecule has 2 nitrogen and oxygen atoms in total. The van der Waals surface area contributed by atoms with Crippen LogP contribution in [-0.2, 0) is 4.74 Å². The van der Waals surface area contributed by atoms with Crippen molar-refractivity contribution in [2.45, 2.75) is 20.0 Å². The van der Waals surface area contributed by atoms with Gasteiger partial charge in [-0.15, -0.1) is 0 Å². The van der Waals surface area contributed by atoms with E-state index in [0.29, 0.717) is 15.9 Å². The van der Waals surface area contributed by atoms with Crippen LogP contribution in [0.5, 0.6) is 0 Å². The van der Waals surface area contributed by atoms with Crippen LogP contribution in [0.3, 0.4) is 0 Å². The number of allylic oxidation sites excluding steroid dienone is 1. The summed E-state index contributed by atoms with van der Waals surface area (Å²) in [4.78, 5) is 4.20. The maximum atomic E-state index is 5.90. The van der Waals surface area contributed by atoms with Gasteiger partial charge in [0, 0.05) is 16.7 Å². The molecule has 0 aliphatic carbocycles. The van der Waals surface area contributed by atoms with Gasteiger partial charge in [-0.3, -0.25) is 0 Å². The monoisotopic (exact) mass is 357 g/mol. The van der Waals surface area contributed by atoms with E-state index in [9.17, 15) is 0 Å². The highest BCUT2D eigenvalue weighted by molar-refractivity contribution is 14.1. The van der Waals surface area contributed by atoms with Crippen molar-refractivity contribution in [2.24, 2.45) is 4.99 Å². The first kappa shape index (κ1) is 13.1. The summed E-state index contributed by atoms with van der Waals surface area (Å²) in [5.74, 6) is 0. The van der Waals surface area contributed by atoms with Crippen LogP contribution in [0.25, 0.3) is 0 Å². The SMILES string of the molecule is C=C(Cl)C1=C(/N=C(\C)Cl)C=C(I)O[C@@H]1C. The third kappa shape index (κ3) is 3.50. The summed E-state index contributed by atoms with van der Waals surface area (Å²) in [6.07, 6.45) is 1.64. The standard InChI is InChI=1S/C10H10Cl2INO/c1-5(11)10-6(2)15-9(13)4-8(10)14-7(3)12/h4,6H,1H2,2-3H3/b14-7+/t6-/m1/s1. The number of rotatable bonds is 2. The summed E-state index contributed by atoms with van der Waals surface area (Å²) in [5, 5.41) is 0.884. The van der Waals surface area contributed by atoms with Crippen molar-refractivity contribution < 1.29 is 4.74 Å². The lowest BCUT2D eigenvalue weighted by Gasteiger charge is -2.22. The molecule has 1 rings (SSSR count). The molecule has 0 saturated carbocycles. The summed E-state index contributed by atoms with van der Waals surface area (Å²) in [7, 11) is 0. The van der Waals surface area contributed by atoms with Crippen molar-refractivity contribution in [3.63, 3.8) is 0 Å². The topological polar surface area (TPSA) is 21.6 Å². The molecule has 0 fully saturated rings. The van der Waals surface area contributed by atoms with Crippen LogP contribution >= 0.6 is 45.8 Å². The molecule has 5 heteroatoms. The highest BCUT2D eigenvalue weighted by Gasteiger charge is 2.22. The van der Waals surface area contributed by atoms with Crippen molar-refractivity contribution in [3.05, 3.63) is 32.7 Å². The average molecular weight is 358 g/mol. The number of hydrogen-bond acceptors (Lipinski definition) is 2. The fourth-order valence-corrected chi connectivity index (χ4v) is 2.29. The Kier molecular flexibility index (Phi) is 4.67. The lowest BCUT2D eigenvalue weighted by atomic mass is 10.1. The van der Waals surface area contributed by atoms with Gasteiger partial charge < -0.3 is 4.74 Å². The molecule has 0 aromatic carbocycles. The van der Waals surface area contributed by atoms with Crippen molar-refractivity contribution in [1.29, 1.82) is 0 Å². The number of aliphatic imine (C=N–C) groups is 1. The second-order valence-electron chi connectivity index (χ2n) is 3.02. The zero-order chi connectivity index (χ0) is 11.6. The molecule has 0 aromatic rings. The van der Waals surface area contributed by atoms with E-state index >= 15 is 0 Å². The van der Waals surface area contributed by atoms with E-state index in [1.165, 1.54) is 0 Å².